The third-order valence-corrected chi connectivity index (χ3v) is 5.80. The molecule has 3 aromatic carbocycles. The fourth-order valence-corrected chi connectivity index (χ4v) is 4.07. The summed E-state index contributed by atoms with van der Waals surface area (Å²) in [6.07, 6.45) is 1.29. The van der Waals surface area contributed by atoms with Crippen molar-refractivity contribution in [2.45, 2.75) is 0 Å². The van der Waals surface area contributed by atoms with Crippen LogP contribution in [0, 0.1) is 10.1 Å². The Hall–Kier alpha value is -3.63. The maximum Gasteiger partial charge on any atom is 0.271 e. The Kier molecular flexibility index (Phi) is 6.01. The summed E-state index contributed by atoms with van der Waals surface area (Å²) in [6.45, 7) is 0. The smallest absolute Gasteiger partial charge is 0.271 e. The van der Waals surface area contributed by atoms with Crippen LogP contribution in [-0.2, 0) is 0 Å². The molecule has 0 aliphatic carbocycles. The molecule has 0 spiro atoms. The number of hydrazone groups is 1. The van der Waals surface area contributed by atoms with Crippen molar-refractivity contribution < 1.29 is 10.0 Å². The number of para-hydroxylation sites is 2. The summed E-state index contributed by atoms with van der Waals surface area (Å²) in [6, 6.07) is 19.5. The highest BCUT2D eigenvalue weighted by Crippen LogP contribution is 2.31. The van der Waals surface area contributed by atoms with Gasteiger partial charge in [-0.3, -0.25) is 15.5 Å². The molecule has 1 aromatic heterocycles. The quantitative estimate of drug-likeness (QED) is 0.167. The molecule has 0 unspecified atom stereocenters. The highest BCUT2D eigenvalue weighted by atomic mass is 79.9. The number of thiazole rings is 1. The minimum atomic E-state index is -0.543. The lowest BCUT2D eigenvalue weighted by molar-refractivity contribution is -0.385. The van der Waals surface area contributed by atoms with Gasteiger partial charge in [-0.25, -0.2) is 9.98 Å². The van der Waals surface area contributed by atoms with Gasteiger partial charge in [-0.1, -0.05) is 30.3 Å². The van der Waals surface area contributed by atoms with E-state index in [1.165, 1.54) is 29.7 Å². The summed E-state index contributed by atoms with van der Waals surface area (Å²) in [5.41, 5.74) is 4.42. The number of aromatic hydroxyl groups is 1. The van der Waals surface area contributed by atoms with Crippen LogP contribution in [0.5, 0.6) is 5.75 Å². The van der Waals surface area contributed by atoms with E-state index < -0.39 is 4.92 Å². The fraction of sp³-hybridized carbons (Fsp3) is 0. The largest absolute Gasteiger partial charge is 0.506 e. The van der Waals surface area contributed by atoms with Crippen molar-refractivity contribution in [3.05, 3.63) is 91.9 Å². The summed E-state index contributed by atoms with van der Waals surface area (Å²) < 4.78 is 1.21. The Morgan fingerprint density at radius 2 is 1.90 bits per heavy atom. The van der Waals surface area contributed by atoms with Crippen molar-refractivity contribution in [1.82, 2.24) is 10.4 Å². The van der Waals surface area contributed by atoms with Gasteiger partial charge in [-0.2, -0.15) is 5.10 Å². The lowest BCUT2D eigenvalue weighted by Crippen LogP contribution is -2.18. The van der Waals surface area contributed by atoms with Gasteiger partial charge in [0.15, 0.2) is 10.8 Å². The second-order valence-electron chi connectivity index (χ2n) is 6.28. The average molecular weight is 496 g/mol. The van der Waals surface area contributed by atoms with E-state index in [0.29, 0.717) is 16.5 Å². The van der Waals surface area contributed by atoms with Gasteiger partial charge < -0.3 is 5.11 Å². The van der Waals surface area contributed by atoms with Crippen LogP contribution in [0.25, 0.3) is 10.2 Å². The number of non-ortho nitro benzene ring substituents is 1. The van der Waals surface area contributed by atoms with E-state index >= 15 is 0 Å². The van der Waals surface area contributed by atoms with Gasteiger partial charge in [-0.05, 0) is 40.2 Å². The molecule has 4 aromatic rings. The van der Waals surface area contributed by atoms with E-state index in [1.54, 1.807) is 0 Å². The van der Waals surface area contributed by atoms with Crippen LogP contribution >= 0.6 is 27.3 Å². The molecule has 0 radical (unpaired) electrons. The molecular weight excluding hydrogens is 482 g/mol. The average Bonchev–Trinajstić information content (AvgIpc) is 3.20. The molecule has 2 N–H and O–H groups in total. The third kappa shape index (κ3) is 4.76. The van der Waals surface area contributed by atoms with E-state index in [4.69, 9.17) is 0 Å². The highest BCUT2D eigenvalue weighted by Gasteiger charge is 2.14. The number of fused-ring (bicyclic) bond motifs is 1. The maximum absolute atomic E-state index is 11.1. The summed E-state index contributed by atoms with van der Waals surface area (Å²) in [7, 11) is 0. The molecule has 0 amide bonds. The van der Waals surface area contributed by atoms with Gasteiger partial charge in [0.2, 0.25) is 0 Å². The lowest BCUT2D eigenvalue weighted by atomic mass is 10.2. The number of phenolic OH excluding ortho intramolecular Hbond substituents is 1. The van der Waals surface area contributed by atoms with Crippen LogP contribution in [0.15, 0.2) is 81.3 Å². The SMILES string of the molecule is O=[N+]([O-])c1cc(Br)c(O)c(/C=N/NC(=Nc2ccccc2)c2nc3ccccc3s2)c1. The normalized spacial score (nSPS) is 11.8. The standard InChI is InChI=1S/C21H14BrN5O3S/c22-16-11-15(27(29)30)10-13(19(16)28)12-23-26-20(24-14-6-2-1-3-7-14)21-25-17-8-4-5-9-18(17)31-21/h1-12,28H,(H,24,26)/b23-12+. The molecule has 0 atom stereocenters. The number of nitro groups is 1. The number of halogens is 1. The molecule has 0 aliphatic rings. The molecular formula is C21H14BrN5O3S. The van der Waals surface area contributed by atoms with Crippen molar-refractivity contribution >= 4 is 60.9 Å². The molecule has 0 aliphatic heterocycles. The minimum absolute atomic E-state index is 0.155. The van der Waals surface area contributed by atoms with Gasteiger partial charge in [0.25, 0.3) is 5.69 Å². The number of hydrogen-bond acceptors (Lipinski definition) is 7. The predicted molar refractivity (Wildman–Crippen MR) is 125 cm³/mol. The highest BCUT2D eigenvalue weighted by molar-refractivity contribution is 9.10. The van der Waals surface area contributed by atoms with Crippen LogP contribution in [0.3, 0.4) is 0 Å². The molecule has 10 heteroatoms. The molecule has 0 saturated carbocycles. The first kappa shape index (κ1) is 20.6. The lowest BCUT2D eigenvalue weighted by Gasteiger charge is -2.04. The number of amidine groups is 1. The van der Waals surface area contributed by atoms with E-state index in [-0.39, 0.29) is 21.5 Å². The molecule has 31 heavy (non-hydrogen) atoms. The van der Waals surface area contributed by atoms with Gasteiger partial charge >= 0.3 is 0 Å². The number of nitrogens with one attached hydrogen (secondary N) is 1. The Bertz CT molecular complexity index is 1290. The Balaban J connectivity index is 1.69. The first-order valence-electron chi connectivity index (χ1n) is 8.97. The Morgan fingerprint density at radius 3 is 2.65 bits per heavy atom. The zero-order valence-electron chi connectivity index (χ0n) is 15.8. The molecule has 154 valence electrons. The van der Waals surface area contributed by atoms with E-state index in [1.807, 2.05) is 54.6 Å². The van der Waals surface area contributed by atoms with Gasteiger partial charge in [0.05, 0.1) is 31.5 Å². The summed E-state index contributed by atoms with van der Waals surface area (Å²) in [4.78, 5) is 19.8. The number of nitro benzene ring substituents is 1. The number of phenols is 1. The Morgan fingerprint density at radius 1 is 1.16 bits per heavy atom. The van der Waals surface area contributed by atoms with E-state index in [0.717, 1.165) is 10.2 Å². The van der Waals surface area contributed by atoms with Crippen LogP contribution in [0.4, 0.5) is 11.4 Å². The summed E-state index contributed by atoms with van der Waals surface area (Å²) in [5, 5.41) is 26.1. The number of aromatic nitrogens is 1. The van der Waals surface area contributed by atoms with E-state index in [9.17, 15) is 15.2 Å². The topological polar surface area (TPSA) is 113 Å². The van der Waals surface area contributed by atoms with Crippen LogP contribution in [-0.4, -0.2) is 27.1 Å². The van der Waals surface area contributed by atoms with Gasteiger partial charge in [-0.15, -0.1) is 11.3 Å². The summed E-state index contributed by atoms with van der Waals surface area (Å²) >= 11 is 4.58. The van der Waals surface area contributed by atoms with E-state index in [2.05, 4.69) is 36.4 Å². The van der Waals surface area contributed by atoms with Crippen molar-refractivity contribution in [3.63, 3.8) is 0 Å². The maximum atomic E-state index is 11.1. The van der Waals surface area contributed by atoms with Crippen molar-refractivity contribution in [1.29, 1.82) is 0 Å². The first-order chi connectivity index (χ1) is 15.0. The molecule has 0 bridgehead atoms. The van der Waals surface area contributed by atoms with Crippen LogP contribution in [0.2, 0.25) is 0 Å². The van der Waals surface area contributed by atoms with Crippen molar-refractivity contribution in [2.24, 2.45) is 10.1 Å². The molecule has 4 rings (SSSR count). The molecule has 0 fully saturated rings. The Labute approximate surface area is 188 Å². The predicted octanol–water partition coefficient (Wildman–Crippen LogP) is 5.37. The first-order valence-corrected chi connectivity index (χ1v) is 10.6. The van der Waals surface area contributed by atoms with Gasteiger partial charge in [0, 0.05) is 17.7 Å². The zero-order valence-corrected chi connectivity index (χ0v) is 18.2. The number of nitrogens with zero attached hydrogens (tertiary/aromatic N) is 4. The zero-order chi connectivity index (χ0) is 21.8. The number of aliphatic imine (C=N–C) groups is 1. The third-order valence-electron chi connectivity index (χ3n) is 4.16. The number of rotatable bonds is 5. The van der Waals surface area contributed by atoms with Crippen molar-refractivity contribution in [2.75, 3.05) is 0 Å². The van der Waals surface area contributed by atoms with Crippen LogP contribution in [0.1, 0.15) is 10.6 Å². The number of hydrogen-bond donors (Lipinski definition) is 2. The second-order valence-corrected chi connectivity index (χ2v) is 8.16. The summed E-state index contributed by atoms with van der Waals surface area (Å²) in [5.74, 6) is 0.255. The monoisotopic (exact) mass is 495 g/mol. The molecule has 0 saturated heterocycles. The van der Waals surface area contributed by atoms with Crippen molar-refractivity contribution in [3.8, 4) is 5.75 Å². The fourth-order valence-electron chi connectivity index (χ4n) is 2.70. The minimum Gasteiger partial charge on any atom is -0.506 e. The van der Waals surface area contributed by atoms with Crippen LogP contribution < -0.4 is 5.43 Å². The number of benzene rings is 3. The molecule has 1 heterocycles. The van der Waals surface area contributed by atoms with Gasteiger partial charge in [0.1, 0.15) is 5.75 Å². The molecule has 8 nitrogen and oxygen atoms in total. The second kappa shape index (κ2) is 9.02.